The molecular formula is C12H9ClF2N2O. The molecule has 0 aliphatic heterocycles. The van der Waals surface area contributed by atoms with E-state index in [0.717, 1.165) is 6.07 Å². The van der Waals surface area contributed by atoms with Crippen LogP contribution in [0.1, 0.15) is 17.2 Å². The first-order chi connectivity index (χ1) is 8.50. The number of nitrogen functional groups attached to an aromatic ring is 1. The molecule has 1 heterocycles. The number of aliphatic hydroxyl groups is 1. The highest BCUT2D eigenvalue weighted by molar-refractivity contribution is 6.30. The highest BCUT2D eigenvalue weighted by Gasteiger charge is 2.20. The van der Waals surface area contributed by atoms with Crippen LogP contribution in [0.15, 0.2) is 30.5 Å². The molecule has 94 valence electrons. The standard InChI is InChI=1S/C12H9ClF2N2O/c13-6-4-8(12(16)17-5-6)11(18)7-2-1-3-9(14)10(7)15/h1-5,11,18H,(H2,16,17). The van der Waals surface area contributed by atoms with Crippen LogP contribution >= 0.6 is 11.6 Å². The van der Waals surface area contributed by atoms with Crippen LogP contribution in [0, 0.1) is 11.6 Å². The van der Waals surface area contributed by atoms with Gasteiger partial charge >= 0.3 is 0 Å². The Bertz CT molecular complexity index is 590. The number of anilines is 1. The second kappa shape index (κ2) is 4.88. The second-order valence-electron chi connectivity index (χ2n) is 3.67. The molecule has 6 heteroatoms. The summed E-state index contributed by atoms with van der Waals surface area (Å²) in [4.78, 5) is 3.75. The highest BCUT2D eigenvalue weighted by atomic mass is 35.5. The molecule has 1 atom stereocenters. The molecule has 0 aliphatic rings. The molecule has 0 amide bonds. The first-order valence-corrected chi connectivity index (χ1v) is 5.41. The van der Waals surface area contributed by atoms with Gasteiger partial charge in [0.2, 0.25) is 0 Å². The summed E-state index contributed by atoms with van der Waals surface area (Å²) in [5.74, 6) is -2.15. The number of halogens is 3. The molecule has 3 nitrogen and oxygen atoms in total. The Morgan fingerprint density at radius 2 is 2.00 bits per heavy atom. The summed E-state index contributed by atoms with van der Waals surface area (Å²) in [6.07, 6.45) is -0.124. The third-order valence-corrected chi connectivity index (χ3v) is 2.69. The van der Waals surface area contributed by atoms with Crippen LogP contribution in [-0.4, -0.2) is 10.1 Å². The summed E-state index contributed by atoms with van der Waals surface area (Å²) < 4.78 is 26.6. The van der Waals surface area contributed by atoms with Crippen LogP contribution < -0.4 is 5.73 Å². The number of aromatic nitrogens is 1. The Morgan fingerprint density at radius 1 is 1.28 bits per heavy atom. The van der Waals surface area contributed by atoms with Crippen molar-refractivity contribution in [2.24, 2.45) is 0 Å². The normalized spacial score (nSPS) is 12.4. The molecule has 0 fully saturated rings. The first-order valence-electron chi connectivity index (χ1n) is 5.03. The van der Waals surface area contributed by atoms with Gasteiger partial charge in [0, 0.05) is 17.3 Å². The number of rotatable bonds is 2. The van der Waals surface area contributed by atoms with E-state index in [4.69, 9.17) is 17.3 Å². The minimum absolute atomic E-state index is 0.00978. The Morgan fingerprint density at radius 3 is 2.72 bits per heavy atom. The molecular weight excluding hydrogens is 262 g/mol. The number of benzene rings is 1. The van der Waals surface area contributed by atoms with Gasteiger partial charge in [-0.05, 0) is 12.1 Å². The van der Waals surface area contributed by atoms with Gasteiger partial charge in [-0.25, -0.2) is 13.8 Å². The molecule has 0 spiro atoms. The van der Waals surface area contributed by atoms with Crippen molar-refractivity contribution >= 4 is 17.4 Å². The molecule has 2 aromatic rings. The number of nitrogens with zero attached hydrogens (tertiary/aromatic N) is 1. The summed E-state index contributed by atoms with van der Waals surface area (Å²) in [5.41, 5.74) is 5.48. The molecule has 0 aliphatic carbocycles. The van der Waals surface area contributed by atoms with Crippen LogP contribution in [0.2, 0.25) is 5.02 Å². The summed E-state index contributed by atoms with van der Waals surface area (Å²) in [6, 6.07) is 4.89. The van der Waals surface area contributed by atoms with Gasteiger partial charge < -0.3 is 10.8 Å². The lowest BCUT2D eigenvalue weighted by Crippen LogP contribution is -2.08. The quantitative estimate of drug-likeness (QED) is 0.882. The summed E-state index contributed by atoms with van der Waals surface area (Å²) in [6.45, 7) is 0. The predicted molar refractivity (Wildman–Crippen MR) is 64.1 cm³/mol. The van der Waals surface area contributed by atoms with Crippen LogP contribution in [0.5, 0.6) is 0 Å². The maximum Gasteiger partial charge on any atom is 0.164 e. The Kier molecular flexibility index (Phi) is 3.45. The third kappa shape index (κ3) is 2.27. The van der Waals surface area contributed by atoms with E-state index in [9.17, 15) is 13.9 Å². The van der Waals surface area contributed by atoms with Crippen LogP contribution in [0.25, 0.3) is 0 Å². The van der Waals surface area contributed by atoms with Gasteiger partial charge in [-0.1, -0.05) is 23.7 Å². The highest BCUT2D eigenvalue weighted by Crippen LogP contribution is 2.29. The largest absolute Gasteiger partial charge is 0.383 e. The molecule has 0 bridgehead atoms. The minimum atomic E-state index is -1.42. The lowest BCUT2D eigenvalue weighted by molar-refractivity contribution is 0.213. The number of hydrogen-bond acceptors (Lipinski definition) is 3. The lowest BCUT2D eigenvalue weighted by Gasteiger charge is -2.14. The van der Waals surface area contributed by atoms with Gasteiger partial charge in [0.15, 0.2) is 11.6 Å². The number of nitrogens with two attached hydrogens (primary N) is 1. The Hall–Kier alpha value is -1.72. The van der Waals surface area contributed by atoms with Crippen molar-refractivity contribution in [3.05, 3.63) is 58.2 Å². The summed E-state index contributed by atoms with van der Waals surface area (Å²) >= 11 is 5.72. The third-order valence-electron chi connectivity index (χ3n) is 2.49. The van der Waals surface area contributed by atoms with Gasteiger partial charge in [-0.15, -0.1) is 0 Å². The average Bonchev–Trinajstić information content (AvgIpc) is 2.35. The molecule has 3 N–H and O–H groups in total. The fourth-order valence-electron chi connectivity index (χ4n) is 1.58. The average molecular weight is 271 g/mol. The van der Waals surface area contributed by atoms with Crippen molar-refractivity contribution in [3.8, 4) is 0 Å². The predicted octanol–water partition coefficient (Wildman–Crippen LogP) is 2.68. The monoisotopic (exact) mass is 270 g/mol. The van der Waals surface area contributed by atoms with Gasteiger partial charge in [-0.2, -0.15) is 0 Å². The van der Waals surface area contributed by atoms with E-state index in [1.807, 2.05) is 0 Å². The molecule has 0 saturated carbocycles. The lowest BCUT2D eigenvalue weighted by atomic mass is 10.0. The Labute approximate surface area is 107 Å². The van der Waals surface area contributed by atoms with Crippen molar-refractivity contribution < 1.29 is 13.9 Å². The van der Waals surface area contributed by atoms with E-state index in [1.165, 1.54) is 24.4 Å². The maximum absolute atomic E-state index is 13.5. The van der Waals surface area contributed by atoms with Crippen molar-refractivity contribution in [1.29, 1.82) is 0 Å². The fourth-order valence-corrected chi connectivity index (χ4v) is 1.75. The Balaban J connectivity index is 2.51. The number of pyridine rings is 1. The molecule has 1 unspecified atom stereocenters. The zero-order chi connectivity index (χ0) is 13.3. The van der Waals surface area contributed by atoms with E-state index in [2.05, 4.69) is 4.98 Å². The molecule has 1 aromatic heterocycles. The molecule has 2 rings (SSSR count). The first kappa shape index (κ1) is 12.7. The van der Waals surface area contributed by atoms with E-state index in [-0.39, 0.29) is 22.0 Å². The zero-order valence-electron chi connectivity index (χ0n) is 9.07. The molecule has 18 heavy (non-hydrogen) atoms. The van der Waals surface area contributed by atoms with Crippen molar-refractivity contribution in [2.45, 2.75) is 6.10 Å². The minimum Gasteiger partial charge on any atom is -0.383 e. The summed E-state index contributed by atoms with van der Waals surface area (Å²) in [5, 5.41) is 10.3. The smallest absolute Gasteiger partial charge is 0.164 e. The van der Waals surface area contributed by atoms with E-state index in [1.54, 1.807) is 0 Å². The number of hydrogen-bond donors (Lipinski definition) is 2. The SMILES string of the molecule is Nc1ncc(Cl)cc1C(O)c1cccc(F)c1F. The van der Waals surface area contributed by atoms with E-state index in [0.29, 0.717) is 0 Å². The number of aliphatic hydroxyl groups excluding tert-OH is 1. The molecule has 0 radical (unpaired) electrons. The van der Waals surface area contributed by atoms with E-state index < -0.39 is 17.7 Å². The van der Waals surface area contributed by atoms with Gasteiger partial charge in [0.1, 0.15) is 11.9 Å². The summed E-state index contributed by atoms with van der Waals surface area (Å²) in [7, 11) is 0. The van der Waals surface area contributed by atoms with Crippen molar-refractivity contribution in [1.82, 2.24) is 4.98 Å². The molecule has 0 saturated heterocycles. The van der Waals surface area contributed by atoms with Gasteiger partial charge in [0.05, 0.1) is 5.02 Å². The van der Waals surface area contributed by atoms with Crippen LogP contribution in [0.3, 0.4) is 0 Å². The second-order valence-corrected chi connectivity index (χ2v) is 4.11. The van der Waals surface area contributed by atoms with E-state index >= 15 is 0 Å². The van der Waals surface area contributed by atoms with Crippen molar-refractivity contribution in [3.63, 3.8) is 0 Å². The van der Waals surface area contributed by atoms with Gasteiger partial charge in [0.25, 0.3) is 0 Å². The molecule has 1 aromatic carbocycles. The topological polar surface area (TPSA) is 59.1 Å². The zero-order valence-corrected chi connectivity index (χ0v) is 9.83. The van der Waals surface area contributed by atoms with Gasteiger partial charge in [-0.3, -0.25) is 0 Å². The van der Waals surface area contributed by atoms with Crippen LogP contribution in [-0.2, 0) is 0 Å². The van der Waals surface area contributed by atoms with Crippen molar-refractivity contribution in [2.75, 3.05) is 5.73 Å². The van der Waals surface area contributed by atoms with Crippen LogP contribution in [0.4, 0.5) is 14.6 Å². The fraction of sp³-hybridized carbons (Fsp3) is 0.0833. The maximum atomic E-state index is 13.5.